The van der Waals surface area contributed by atoms with Crippen LogP contribution in [-0.2, 0) is 6.54 Å². The Kier molecular flexibility index (Phi) is 2.03. The van der Waals surface area contributed by atoms with Gasteiger partial charge in [-0.15, -0.1) is 0 Å². The molecule has 1 aliphatic carbocycles. The summed E-state index contributed by atoms with van der Waals surface area (Å²) in [6.07, 6.45) is 9.43. The van der Waals surface area contributed by atoms with Gasteiger partial charge in [0.15, 0.2) is 0 Å². The predicted molar refractivity (Wildman–Crippen MR) is 53.5 cm³/mol. The molecule has 15 heavy (non-hydrogen) atoms. The second-order valence-corrected chi connectivity index (χ2v) is 3.75. The summed E-state index contributed by atoms with van der Waals surface area (Å²) in [6, 6.07) is 1.26. The predicted octanol–water partition coefficient (Wildman–Crippen LogP) is 1.11. The molecule has 2 aromatic rings. The van der Waals surface area contributed by atoms with Gasteiger partial charge in [-0.3, -0.25) is 4.57 Å². The molecular weight excluding hydrogens is 192 g/mol. The molecule has 0 radical (unpaired) electrons. The van der Waals surface area contributed by atoms with E-state index in [1.165, 1.54) is 12.8 Å². The van der Waals surface area contributed by atoms with Gasteiger partial charge >= 0.3 is 6.01 Å². The highest BCUT2D eigenvalue weighted by atomic mass is 16.4. The van der Waals surface area contributed by atoms with Gasteiger partial charge in [-0.1, -0.05) is 0 Å². The molecule has 0 aromatic carbocycles. The largest absolute Gasteiger partial charge is 0.431 e. The number of rotatable bonds is 4. The molecule has 0 aliphatic heterocycles. The number of hydrogen-bond donors (Lipinski definition) is 1. The van der Waals surface area contributed by atoms with Crippen LogP contribution >= 0.6 is 0 Å². The van der Waals surface area contributed by atoms with Crippen molar-refractivity contribution in [3.8, 4) is 6.01 Å². The second kappa shape index (κ2) is 3.51. The average Bonchev–Trinajstić information content (AvgIpc) is 2.78. The van der Waals surface area contributed by atoms with Crippen molar-refractivity contribution in [1.82, 2.24) is 19.9 Å². The van der Waals surface area contributed by atoms with Crippen LogP contribution in [0.4, 0.5) is 0 Å². The lowest BCUT2D eigenvalue weighted by Crippen LogP contribution is -2.15. The average molecular weight is 204 g/mol. The lowest BCUT2D eigenvalue weighted by atomic mass is 10.5. The first-order valence-corrected chi connectivity index (χ1v) is 5.08. The summed E-state index contributed by atoms with van der Waals surface area (Å²) in [4.78, 5) is 8.29. The molecule has 0 unspecified atom stereocenters. The summed E-state index contributed by atoms with van der Waals surface area (Å²) in [5, 5.41) is 3.38. The SMILES string of the molecule is c1cn(-c2nc(CNC3CC3)co2)cn1. The Balaban J connectivity index is 1.69. The Labute approximate surface area is 87.1 Å². The summed E-state index contributed by atoms with van der Waals surface area (Å²) >= 11 is 0. The van der Waals surface area contributed by atoms with Crippen LogP contribution in [0.15, 0.2) is 29.4 Å². The van der Waals surface area contributed by atoms with Crippen LogP contribution < -0.4 is 5.32 Å². The fourth-order valence-corrected chi connectivity index (χ4v) is 1.40. The van der Waals surface area contributed by atoms with Crippen LogP contribution in [0.2, 0.25) is 0 Å². The molecule has 0 atom stereocenters. The highest BCUT2D eigenvalue weighted by Gasteiger charge is 2.20. The van der Waals surface area contributed by atoms with E-state index in [2.05, 4.69) is 15.3 Å². The minimum Gasteiger partial charge on any atom is -0.431 e. The zero-order valence-corrected chi connectivity index (χ0v) is 8.26. The van der Waals surface area contributed by atoms with E-state index in [0.29, 0.717) is 12.1 Å². The molecule has 0 spiro atoms. The summed E-state index contributed by atoms with van der Waals surface area (Å²) in [6.45, 7) is 0.781. The van der Waals surface area contributed by atoms with Gasteiger partial charge in [0.2, 0.25) is 0 Å². The van der Waals surface area contributed by atoms with E-state index < -0.39 is 0 Å². The summed E-state index contributed by atoms with van der Waals surface area (Å²) in [5.74, 6) is 0. The molecule has 1 fully saturated rings. The van der Waals surface area contributed by atoms with Crippen molar-refractivity contribution in [3.63, 3.8) is 0 Å². The van der Waals surface area contributed by atoms with E-state index >= 15 is 0 Å². The number of nitrogens with zero attached hydrogens (tertiary/aromatic N) is 3. The zero-order chi connectivity index (χ0) is 10.1. The Hall–Kier alpha value is -1.62. The monoisotopic (exact) mass is 204 g/mol. The van der Waals surface area contributed by atoms with Crippen LogP contribution in [-0.4, -0.2) is 20.6 Å². The maximum absolute atomic E-state index is 5.33. The minimum absolute atomic E-state index is 0.570. The van der Waals surface area contributed by atoms with Gasteiger partial charge < -0.3 is 9.73 Å². The second-order valence-electron chi connectivity index (χ2n) is 3.75. The van der Waals surface area contributed by atoms with Gasteiger partial charge in [0, 0.05) is 25.0 Å². The Morgan fingerprint density at radius 1 is 1.53 bits per heavy atom. The number of aromatic nitrogens is 3. The van der Waals surface area contributed by atoms with Gasteiger partial charge in [0.05, 0.1) is 5.69 Å². The first kappa shape index (κ1) is 8.67. The zero-order valence-electron chi connectivity index (χ0n) is 8.26. The van der Waals surface area contributed by atoms with Gasteiger partial charge in [-0.2, -0.15) is 4.98 Å². The van der Waals surface area contributed by atoms with Crippen LogP contribution in [0.25, 0.3) is 6.01 Å². The minimum atomic E-state index is 0.570. The van der Waals surface area contributed by atoms with E-state index in [1.807, 2.05) is 6.20 Å². The van der Waals surface area contributed by atoms with Crippen molar-refractivity contribution >= 4 is 0 Å². The molecule has 1 aliphatic rings. The van der Waals surface area contributed by atoms with E-state index in [1.54, 1.807) is 23.4 Å². The Bertz CT molecular complexity index is 430. The van der Waals surface area contributed by atoms with E-state index in [0.717, 1.165) is 12.2 Å². The molecule has 78 valence electrons. The quantitative estimate of drug-likeness (QED) is 0.810. The van der Waals surface area contributed by atoms with Crippen LogP contribution in [0.3, 0.4) is 0 Å². The summed E-state index contributed by atoms with van der Waals surface area (Å²) < 4.78 is 7.08. The molecule has 0 bridgehead atoms. The number of oxazole rings is 1. The molecule has 1 N–H and O–H groups in total. The van der Waals surface area contributed by atoms with Gasteiger partial charge in [0.1, 0.15) is 12.6 Å². The van der Waals surface area contributed by atoms with Crippen molar-refractivity contribution in [1.29, 1.82) is 0 Å². The Morgan fingerprint density at radius 2 is 2.47 bits per heavy atom. The van der Waals surface area contributed by atoms with E-state index in [-0.39, 0.29) is 0 Å². The third-order valence-electron chi connectivity index (χ3n) is 2.41. The van der Waals surface area contributed by atoms with Crippen LogP contribution in [0, 0.1) is 0 Å². The normalized spacial score (nSPS) is 15.7. The molecule has 5 heteroatoms. The number of hydrogen-bond acceptors (Lipinski definition) is 4. The lowest BCUT2D eigenvalue weighted by Gasteiger charge is -1.96. The first-order valence-electron chi connectivity index (χ1n) is 5.08. The highest BCUT2D eigenvalue weighted by Crippen LogP contribution is 2.19. The van der Waals surface area contributed by atoms with Gasteiger partial charge in [0.25, 0.3) is 0 Å². The molecule has 2 heterocycles. The summed E-state index contributed by atoms with van der Waals surface area (Å²) in [7, 11) is 0. The number of imidazole rings is 1. The fraction of sp³-hybridized carbons (Fsp3) is 0.400. The van der Waals surface area contributed by atoms with E-state index in [9.17, 15) is 0 Å². The smallest absolute Gasteiger partial charge is 0.307 e. The third kappa shape index (κ3) is 1.92. The van der Waals surface area contributed by atoms with Crippen LogP contribution in [0.5, 0.6) is 0 Å². The molecule has 3 rings (SSSR count). The number of nitrogens with one attached hydrogen (secondary N) is 1. The van der Waals surface area contributed by atoms with Crippen LogP contribution in [0.1, 0.15) is 18.5 Å². The van der Waals surface area contributed by atoms with E-state index in [4.69, 9.17) is 4.42 Å². The van der Waals surface area contributed by atoms with Crippen molar-refractivity contribution in [2.24, 2.45) is 0 Å². The molecular formula is C10H12N4O. The highest BCUT2D eigenvalue weighted by molar-refractivity contribution is 5.10. The molecule has 1 saturated carbocycles. The molecule has 0 amide bonds. The van der Waals surface area contributed by atoms with Gasteiger partial charge in [-0.25, -0.2) is 4.98 Å². The molecule has 5 nitrogen and oxygen atoms in total. The lowest BCUT2D eigenvalue weighted by molar-refractivity contribution is 0.525. The Morgan fingerprint density at radius 3 is 3.20 bits per heavy atom. The third-order valence-corrected chi connectivity index (χ3v) is 2.41. The fourth-order valence-electron chi connectivity index (χ4n) is 1.40. The van der Waals surface area contributed by atoms with Crippen molar-refractivity contribution in [2.45, 2.75) is 25.4 Å². The molecule has 2 aromatic heterocycles. The topological polar surface area (TPSA) is 55.9 Å². The summed E-state index contributed by atoms with van der Waals surface area (Å²) in [5.41, 5.74) is 0.936. The van der Waals surface area contributed by atoms with Gasteiger partial charge in [-0.05, 0) is 12.8 Å². The maximum atomic E-state index is 5.33. The maximum Gasteiger partial charge on any atom is 0.307 e. The van der Waals surface area contributed by atoms with Crippen molar-refractivity contribution in [3.05, 3.63) is 30.7 Å². The van der Waals surface area contributed by atoms with Crippen molar-refractivity contribution in [2.75, 3.05) is 0 Å². The first-order chi connectivity index (χ1) is 7.42. The molecule has 0 saturated heterocycles. The standard InChI is InChI=1S/C10H12N4O/c1-2-8(1)12-5-9-6-15-10(13-9)14-4-3-11-7-14/h3-4,6-8,12H,1-2,5H2. The van der Waals surface area contributed by atoms with Crippen molar-refractivity contribution < 1.29 is 4.42 Å².